The van der Waals surface area contributed by atoms with Gasteiger partial charge in [-0.3, -0.25) is 4.79 Å². The number of hydrogen-bond acceptors (Lipinski definition) is 2. The van der Waals surface area contributed by atoms with Crippen LogP contribution in [0.4, 0.5) is 0 Å². The summed E-state index contributed by atoms with van der Waals surface area (Å²) in [7, 11) is 0. The molecule has 0 radical (unpaired) electrons. The van der Waals surface area contributed by atoms with E-state index in [1.54, 1.807) is 23.2 Å². The van der Waals surface area contributed by atoms with E-state index in [0.717, 1.165) is 11.2 Å². The lowest BCUT2D eigenvalue weighted by molar-refractivity contribution is 0.0786. The molecule has 4 heteroatoms. The van der Waals surface area contributed by atoms with Crippen molar-refractivity contribution in [3.05, 3.63) is 61.1 Å². The summed E-state index contributed by atoms with van der Waals surface area (Å²) in [5, 5.41) is 0. The smallest absolute Gasteiger partial charge is 0.274 e. The lowest BCUT2D eigenvalue weighted by atomic mass is 10.3. The highest BCUT2D eigenvalue weighted by Crippen LogP contribution is 2.10. The Morgan fingerprint density at radius 1 is 1.42 bits per heavy atom. The average Bonchev–Trinajstić information content (AvgIpc) is 2.80. The van der Waals surface area contributed by atoms with Gasteiger partial charge in [0.25, 0.3) is 5.91 Å². The lowest BCUT2D eigenvalue weighted by Gasteiger charge is -2.17. The molecule has 2 aromatic rings. The fourth-order valence-electron chi connectivity index (χ4n) is 1.90. The van der Waals surface area contributed by atoms with E-state index in [4.69, 9.17) is 0 Å². The Morgan fingerprint density at radius 3 is 2.74 bits per heavy atom. The van der Waals surface area contributed by atoms with Gasteiger partial charge in [-0.15, -0.1) is 13.2 Å². The number of hydrogen-bond donors (Lipinski definition) is 0. The summed E-state index contributed by atoms with van der Waals surface area (Å²) in [5.41, 5.74) is 2.33. The third-order valence-corrected chi connectivity index (χ3v) is 2.82. The van der Waals surface area contributed by atoms with Gasteiger partial charge in [-0.1, -0.05) is 12.2 Å². The third-order valence-electron chi connectivity index (χ3n) is 2.82. The number of imidazole rings is 1. The van der Waals surface area contributed by atoms with Gasteiger partial charge >= 0.3 is 0 Å². The van der Waals surface area contributed by atoms with Crippen molar-refractivity contribution >= 4 is 11.6 Å². The van der Waals surface area contributed by atoms with Crippen LogP contribution in [0.25, 0.3) is 5.65 Å². The molecule has 0 spiro atoms. The topological polar surface area (TPSA) is 37.6 Å². The van der Waals surface area contributed by atoms with Crippen LogP contribution in [0.3, 0.4) is 0 Å². The van der Waals surface area contributed by atoms with Crippen molar-refractivity contribution in [2.75, 3.05) is 13.1 Å². The Labute approximate surface area is 112 Å². The van der Waals surface area contributed by atoms with Crippen LogP contribution >= 0.6 is 0 Å². The van der Waals surface area contributed by atoms with Crippen LogP contribution in [0.2, 0.25) is 0 Å². The van der Waals surface area contributed by atoms with E-state index >= 15 is 0 Å². The fourth-order valence-corrected chi connectivity index (χ4v) is 1.90. The molecule has 0 N–H and O–H groups in total. The van der Waals surface area contributed by atoms with Crippen LogP contribution in [0.1, 0.15) is 16.1 Å². The van der Waals surface area contributed by atoms with Gasteiger partial charge in [0.05, 0.1) is 0 Å². The summed E-state index contributed by atoms with van der Waals surface area (Å²) in [6.45, 7) is 10.3. The molecule has 19 heavy (non-hydrogen) atoms. The second-order valence-corrected chi connectivity index (χ2v) is 4.38. The molecule has 1 amide bonds. The number of rotatable bonds is 5. The minimum Gasteiger partial charge on any atom is -0.330 e. The van der Waals surface area contributed by atoms with Crippen molar-refractivity contribution < 1.29 is 4.79 Å². The van der Waals surface area contributed by atoms with Gasteiger partial charge in [0.15, 0.2) is 0 Å². The van der Waals surface area contributed by atoms with E-state index < -0.39 is 0 Å². The van der Waals surface area contributed by atoms with Gasteiger partial charge in [0.2, 0.25) is 0 Å². The molecule has 2 heterocycles. The summed E-state index contributed by atoms with van der Waals surface area (Å²) >= 11 is 0. The molecule has 0 atom stereocenters. The number of aromatic nitrogens is 2. The Hall–Kier alpha value is -2.36. The zero-order valence-corrected chi connectivity index (χ0v) is 11.0. The largest absolute Gasteiger partial charge is 0.330 e. The Balaban J connectivity index is 2.34. The Kier molecular flexibility index (Phi) is 3.80. The first kappa shape index (κ1) is 13.1. The van der Waals surface area contributed by atoms with E-state index in [1.165, 1.54) is 0 Å². The molecule has 98 valence electrons. The molecule has 0 saturated heterocycles. The molecule has 0 aliphatic heterocycles. The SMILES string of the molecule is C=CCN(CC=C)C(=O)c1cn2ccc(C)cc2n1. The average molecular weight is 255 g/mol. The molecule has 2 aromatic heterocycles. The van der Waals surface area contributed by atoms with Crippen LogP contribution in [0, 0.1) is 6.92 Å². The second-order valence-electron chi connectivity index (χ2n) is 4.38. The van der Waals surface area contributed by atoms with Gasteiger partial charge in [0.1, 0.15) is 11.3 Å². The molecule has 0 aromatic carbocycles. The number of carbonyl (C=O) groups excluding carboxylic acids is 1. The van der Waals surface area contributed by atoms with Crippen LogP contribution in [-0.4, -0.2) is 33.3 Å². The molecule has 4 nitrogen and oxygen atoms in total. The molecule has 0 unspecified atom stereocenters. The monoisotopic (exact) mass is 255 g/mol. The predicted molar refractivity (Wildman–Crippen MR) is 76.2 cm³/mol. The molecule has 0 bridgehead atoms. The maximum absolute atomic E-state index is 12.3. The summed E-state index contributed by atoms with van der Waals surface area (Å²) in [6, 6.07) is 3.93. The lowest BCUT2D eigenvalue weighted by Crippen LogP contribution is -2.31. The van der Waals surface area contributed by atoms with Gasteiger partial charge in [-0.25, -0.2) is 4.98 Å². The zero-order chi connectivity index (χ0) is 13.8. The van der Waals surface area contributed by atoms with Crippen molar-refractivity contribution in [1.29, 1.82) is 0 Å². The molecule has 0 aliphatic carbocycles. The minimum atomic E-state index is -0.110. The van der Waals surface area contributed by atoms with Crippen molar-refractivity contribution in [2.24, 2.45) is 0 Å². The van der Waals surface area contributed by atoms with Crippen LogP contribution in [0.15, 0.2) is 49.8 Å². The fraction of sp³-hybridized carbons (Fsp3) is 0.200. The standard InChI is InChI=1S/C15H17N3O/c1-4-7-17(8-5-2)15(19)13-11-18-9-6-12(3)10-14(18)16-13/h4-6,9-11H,1-2,7-8H2,3H3. The van der Waals surface area contributed by atoms with Crippen molar-refractivity contribution in [3.8, 4) is 0 Å². The maximum Gasteiger partial charge on any atom is 0.274 e. The predicted octanol–water partition coefficient (Wildman–Crippen LogP) is 2.46. The zero-order valence-electron chi connectivity index (χ0n) is 11.0. The van der Waals surface area contributed by atoms with Crippen molar-refractivity contribution in [3.63, 3.8) is 0 Å². The van der Waals surface area contributed by atoms with E-state index in [1.807, 2.05) is 29.7 Å². The Morgan fingerprint density at radius 2 is 2.11 bits per heavy atom. The summed E-state index contributed by atoms with van der Waals surface area (Å²) in [4.78, 5) is 18.3. The first-order chi connectivity index (χ1) is 9.15. The maximum atomic E-state index is 12.3. The molecule has 0 saturated carbocycles. The molecule has 0 fully saturated rings. The number of pyridine rings is 1. The number of aryl methyl sites for hydroxylation is 1. The van der Waals surface area contributed by atoms with E-state index in [-0.39, 0.29) is 5.91 Å². The third kappa shape index (κ3) is 2.73. The molecular weight excluding hydrogens is 238 g/mol. The van der Waals surface area contributed by atoms with Crippen LogP contribution in [-0.2, 0) is 0 Å². The van der Waals surface area contributed by atoms with Crippen LogP contribution in [0.5, 0.6) is 0 Å². The number of nitrogens with zero attached hydrogens (tertiary/aromatic N) is 3. The summed E-state index contributed by atoms with van der Waals surface area (Å²) in [5.74, 6) is -0.110. The van der Waals surface area contributed by atoms with E-state index in [2.05, 4.69) is 18.1 Å². The molecule has 0 aliphatic rings. The first-order valence-corrected chi connectivity index (χ1v) is 6.12. The van der Waals surface area contributed by atoms with E-state index in [0.29, 0.717) is 18.8 Å². The first-order valence-electron chi connectivity index (χ1n) is 6.12. The number of carbonyl (C=O) groups is 1. The van der Waals surface area contributed by atoms with Crippen molar-refractivity contribution in [2.45, 2.75) is 6.92 Å². The molecule has 2 rings (SSSR count). The quantitative estimate of drug-likeness (QED) is 0.770. The second kappa shape index (κ2) is 5.52. The van der Waals surface area contributed by atoms with Gasteiger partial charge < -0.3 is 9.30 Å². The summed E-state index contributed by atoms with van der Waals surface area (Å²) < 4.78 is 1.85. The number of fused-ring (bicyclic) bond motifs is 1. The van der Waals surface area contributed by atoms with E-state index in [9.17, 15) is 4.79 Å². The van der Waals surface area contributed by atoms with Gasteiger partial charge in [-0.05, 0) is 24.6 Å². The van der Waals surface area contributed by atoms with Gasteiger partial charge in [0, 0.05) is 25.5 Å². The highest BCUT2D eigenvalue weighted by molar-refractivity contribution is 5.93. The highest BCUT2D eigenvalue weighted by atomic mass is 16.2. The number of amides is 1. The van der Waals surface area contributed by atoms with Gasteiger partial charge in [-0.2, -0.15) is 0 Å². The van der Waals surface area contributed by atoms with Crippen molar-refractivity contribution in [1.82, 2.24) is 14.3 Å². The molecular formula is C15H17N3O. The highest BCUT2D eigenvalue weighted by Gasteiger charge is 2.16. The van der Waals surface area contributed by atoms with Crippen LogP contribution < -0.4 is 0 Å². The normalized spacial score (nSPS) is 10.4. The minimum absolute atomic E-state index is 0.110. The summed E-state index contributed by atoms with van der Waals surface area (Å²) in [6.07, 6.45) is 7.04. The Bertz CT molecular complexity index is 617.